The van der Waals surface area contributed by atoms with E-state index in [1.807, 2.05) is 24.3 Å². The molecular formula is C21H31O3. The van der Waals surface area contributed by atoms with Crippen LogP contribution in [0.15, 0.2) is 24.3 Å². The van der Waals surface area contributed by atoms with Crippen LogP contribution in [0.2, 0.25) is 0 Å². The number of aryl methyl sites for hydroxylation is 1. The maximum Gasteiger partial charge on any atom is 0.373 e. The van der Waals surface area contributed by atoms with Crippen molar-refractivity contribution in [2.75, 3.05) is 0 Å². The highest BCUT2D eigenvalue weighted by Gasteiger charge is 2.23. The van der Waals surface area contributed by atoms with E-state index in [1.54, 1.807) is 0 Å². The Morgan fingerprint density at radius 2 is 1.75 bits per heavy atom. The van der Waals surface area contributed by atoms with Crippen LogP contribution in [-0.4, -0.2) is 5.97 Å². The Morgan fingerprint density at radius 1 is 1.04 bits per heavy atom. The predicted octanol–water partition coefficient (Wildman–Crippen LogP) is 6.03. The van der Waals surface area contributed by atoms with Crippen LogP contribution in [0.5, 0.6) is 0 Å². The molecule has 0 saturated heterocycles. The molecule has 1 aromatic carbocycles. The molecule has 0 heterocycles. The van der Waals surface area contributed by atoms with Crippen LogP contribution in [-0.2, 0) is 16.2 Å². The first-order valence-corrected chi connectivity index (χ1v) is 9.55. The molecule has 1 aliphatic rings. The molecule has 1 saturated carbocycles. The molecule has 0 atom stereocenters. The highest BCUT2D eigenvalue weighted by molar-refractivity contribution is 5.88. The number of rotatable bonds is 9. The SMILES string of the molecule is CCCCCCc1ccc(C(=O)OO[C]2CCC(CC)CC2)cc1. The van der Waals surface area contributed by atoms with Gasteiger partial charge in [0.05, 0.1) is 5.56 Å². The number of benzene rings is 1. The molecule has 2 rings (SSSR count). The van der Waals surface area contributed by atoms with E-state index >= 15 is 0 Å². The summed E-state index contributed by atoms with van der Waals surface area (Å²) in [5.74, 6) is 0.385. The fraction of sp³-hybridized carbons (Fsp3) is 0.619. The summed E-state index contributed by atoms with van der Waals surface area (Å²) in [5, 5.41) is 0. The average Bonchev–Trinajstić information content (AvgIpc) is 2.64. The molecule has 0 unspecified atom stereocenters. The van der Waals surface area contributed by atoms with E-state index in [1.165, 1.54) is 37.7 Å². The lowest BCUT2D eigenvalue weighted by molar-refractivity contribution is -0.240. The third-order valence-corrected chi connectivity index (χ3v) is 4.98. The number of hydrogen-bond donors (Lipinski definition) is 0. The van der Waals surface area contributed by atoms with Crippen LogP contribution >= 0.6 is 0 Å². The number of carbonyl (C=O) groups is 1. The zero-order valence-corrected chi connectivity index (χ0v) is 15.2. The molecule has 1 fully saturated rings. The number of unbranched alkanes of at least 4 members (excludes halogenated alkanes) is 3. The Kier molecular flexibility index (Phi) is 8.31. The zero-order valence-electron chi connectivity index (χ0n) is 15.2. The lowest BCUT2D eigenvalue weighted by Gasteiger charge is -2.25. The topological polar surface area (TPSA) is 35.5 Å². The van der Waals surface area contributed by atoms with E-state index in [-0.39, 0.29) is 0 Å². The Bertz CT molecular complexity index is 472. The van der Waals surface area contributed by atoms with Gasteiger partial charge in [0.2, 0.25) is 0 Å². The molecule has 0 bridgehead atoms. The van der Waals surface area contributed by atoms with Crippen molar-refractivity contribution < 1.29 is 14.6 Å². The van der Waals surface area contributed by atoms with Gasteiger partial charge in [-0.15, -0.1) is 0 Å². The van der Waals surface area contributed by atoms with Gasteiger partial charge in [0.1, 0.15) is 6.10 Å². The van der Waals surface area contributed by atoms with Crippen molar-refractivity contribution in [3.63, 3.8) is 0 Å². The molecule has 0 N–H and O–H groups in total. The van der Waals surface area contributed by atoms with Gasteiger partial charge in [-0.1, -0.05) is 51.7 Å². The van der Waals surface area contributed by atoms with Gasteiger partial charge in [-0.2, -0.15) is 4.89 Å². The van der Waals surface area contributed by atoms with Gasteiger partial charge in [0, 0.05) is 0 Å². The average molecular weight is 331 g/mol. The Balaban J connectivity index is 1.70. The van der Waals surface area contributed by atoms with Gasteiger partial charge in [-0.25, -0.2) is 4.79 Å². The van der Waals surface area contributed by atoms with E-state index in [2.05, 4.69) is 13.8 Å². The van der Waals surface area contributed by atoms with Crippen molar-refractivity contribution in [2.24, 2.45) is 5.92 Å². The fourth-order valence-electron chi connectivity index (χ4n) is 3.20. The molecule has 0 amide bonds. The largest absolute Gasteiger partial charge is 0.373 e. The second kappa shape index (κ2) is 10.5. The van der Waals surface area contributed by atoms with Crippen LogP contribution in [0.1, 0.15) is 87.6 Å². The summed E-state index contributed by atoms with van der Waals surface area (Å²) in [7, 11) is 0. The first-order chi connectivity index (χ1) is 11.7. The van der Waals surface area contributed by atoms with Crippen molar-refractivity contribution in [3.8, 4) is 0 Å². The summed E-state index contributed by atoms with van der Waals surface area (Å²) in [6.07, 6.45) is 12.3. The smallest absolute Gasteiger partial charge is 0.292 e. The van der Waals surface area contributed by atoms with Crippen LogP contribution in [0.3, 0.4) is 0 Å². The van der Waals surface area contributed by atoms with Crippen LogP contribution < -0.4 is 0 Å². The molecule has 1 aromatic rings. The van der Waals surface area contributed by atoms with Crippen LogP contribution in [0, 0.1) is 12.0 Å². The monoisotopic (exact) mass is 331 g/mol. The van der Waals surface area contributed by atoms with E-state index in [9.17, 15) is 4.79 Å². The standard InChI is InChI=1S/C21H31O3/c1-3-5-6-7-8-18-9-13-19(14-10-18)21(22)24-23-20-15-11-17(4-2)12-16-20/h9-10,13-14,17H,3-8,11-12,15-16H2,1-2H3. The van der Waals surface area contributed by atoms with Crippen molar-refractivity contribution in [3.05, 3.63) is 41.5 Å². The van der Waals surface area contributed by atoms with Gasteiger partial charge in [-0.3, -0.25) is 4.89 Å². The summed E-state index contributed by atoms with van der Waals surface area (Å²) < 4.78 is 0. The Hall–Kier alpha value is -1.35. The summed E-state index contributed by atoms with van der Waals surface area (Å²) in [5.41, 5.74) is 1.82. The van der Waals surface area contributed by atoms with E-state index < -0.39 is 5.97 Å². The van der Waals surface area contributed by atoms with E-state index in [0.29, 0.717) is 5.56 Å². The van der Waals surface area contributed by atoms with Crippen LogP contribution in [0.4, 0.5) is 0 Å². The Labute approximate surface area is 146 Å². The molecule has 0 aliphatic heterocycles. The minimum Gasteiger partial charge on any atom is -0.292 e. The minimum absolute atomic E-state index is 0.405. The zero-order chi connectivity index (χ0) is 17.2. The lowest BCUT2D eigenvalue weighted by Crippen LogP contribution is -2.17. The molecule has 0 spiro atoms. The van der Waals surface area contributed by atoms with Gasteiger partial charge in [-0.05, 0) is 62.1 Å². The highest BCUT2D eigenvalue weighted by Crippen LogP contribution is 2.32. The molecule has 0 aromatic heterocycles. The molecular weight excluding hydrogens is 300 g/mol. The van der Waals surface area contributed by atoms with E-state index in [4.69, 9.17) is 9.78 Å². The highest BCUT2D eigenvalue weighted by atomic mass is 17.2. The summed E-state index contributed by atoms with van der Waals surface area (Å²) in [6, 6.07) is 7.70. The second-order valence-corrected chi connectivity index (χ2v) is 6.85. The normalized spacial score (nSPS) is 16.2. The number of carbonyl (C=O) groups excluding carboxylic acids is 1. The summed E-state index contributed by atoms with van der Waals surface area (Å²) in [4.78, 5) is 22.4. The fourth-order valence-corrected chi connectivity index (χ4v) is 3.20. The summed E-state index contributed by atoms with van der Waals surface area (Å²) >= 11 is 0. The van der Waals surface area contributed by atoms with Gasteiger partial charge < -0.3 is 0 Å². The molecule has 133 valence electrons. The minimum atomic E-state index is -0.405. The third kappa shape index (κ3) is 6.27. The van der Waals surface area contributed by atoms with Crippen molar-refractivity contribution in [1.29, 1.82) is 0 Å². The maximum absolute atomic E-state index is 12.1. The van der Waals surface area contributed by atoms with Crippen molar-refractivity contribution >= 4 is 5.97 Å². The molecule has 3 heteroatoms. The van der Waals surface area contributed by atoms with Crippen molar-refractivity contribution in [1.82, 2.24) is 0 Å². The molecule has 3 nitrogen and oxygen atoms in total. The molecule has 1 radical (unpaired) electrons. The van der Waals surface area contributed by atoms with Gasteiger partial charge in [0.25, 0.3) is 0 Å². The third-order valence-electron chi connectivity index (χ3n) is 4.98. The lowest BCUT2D eigenvalue weighted by atomic mass is 9.86. The Morgan fingerprint density at radius 3 is 2.38 bits per heavy atom. The first kappa shape index (κ1) is 19.0. The first-order valence-electron chi connectivity index (χ1n) is 9.55. The molecule has 1 aliphatic carbocycles. The van der Waals surface area contributed by atoms with E-state index in [0.717, 1.165) is 44.1 Å². The maximum atomic E-state index is 12.1. The molecule has 24 heavy (non-hydrogen) atoms. The number of hydrogen-bond acceptors (Lipinski definition) is 3. The summed E-state index contributed by atoms with van der Waals surface area (Å²) in [6.45, 7) is 4.44. The second-order valence-electron chi connectivity index (χ2n) is 6.85. The van der Waals surface area contributed by atoms with Crippen LogP contribution in [0.25, 0.3) is 0 Å². The quantitative estimate of drug-likeness (QED) is 0.315. The predicted molar refractivity (Wildman–Crippen MR) is 96.3 cm³/mol. The van der Waals surface area contributed by atoms with Gasteiger partial charge in [0.15, 0.2) is 0 Å². The van der Waals surface area contributed by atoms with Crippen molar-refractivity contribution in [2.45, 2.75) is 78.1 Å². The van der Waals surface area contributed by atoms with Gasteiger partial charge >= 0.3 is 5.97 Å².